The van der Waals surface area contributed by atoms with Gasteiger partial charge in [-0.25, -0.2) is 0 Å². The smallest absolute Gasteiger partial charge is 0.274 e. The molecule has 3 heterocycles. The number of piperidine rings is 2. The normalized spacial score (nSPS) is 27.7. The Kier molecular flexibility index (Phi) is 3.31. The minimum Gasteiger partial charge on any atom is -0.337 e. The summed E-state index contributed by atoms with van der Waals surface area (Å²) in [6.45, 7) is 3.93. The summed E-state index contributed by atoms with van der Waals surface area (Å²) in [6.07, 6.45) is 6.65. The van der Waals surface area contributed by atoms with Crippen molar-refractivity contribution in [3.8, 4) is 0 Å². The van der Waals surface area contributed by atoms with Crippen LogP contribution in [0.2, 0.25) is 0 Å². The molecule has 1 aromatic rings. The number of likely N-dealkylation sites (tertiary alicyclic amines) is 1. The van der Waals surface area contributed by atoms with Crippen LogP contribution in [-0.2, 0) is 7.05 Å². The topological polar surface area (TPSA) is 50.2 Å². The summed E-state index contributed by atoms with van der Waals surface area (Å²) in [5.41, 5.74) is 0.879. The SMILES string of the molecule is Cn1ccc(C(=O)N2CCCC3(CCCNC3)C2)n1. The first-order valence-electron chi connectivity index (χ1n) is 7.18. The van der Waals surface area contributed by atoms with Crippen molar-refractivity contribution in [2.75, 3.05) is 26.2 Å². The Hall–Kier alpha value is -1.36. The van der Waals surface area contributed by atoms with E-state index in [1.54, 1.807) is 4.68 Å². The van der Waals surface area contributed by atoms with Gasteiger partial charge in [-0.15, -0.1) is 0 Å². The van der Waals surface area contributed by atoms with E-state index in [9.17, 15) is 4.79 Å². The summed E-state index contributed by atoms with van der Waals surface area (Å²) in [6, 6.07) is 1.81. The summed E-state index contributed by atoms with van der Waals surface area (Å²) < 4.78 is 1.69. The van der Waals surface area contributed by atoms with Crippen LogP contribution in [0.25, 0.3) is 0 Å². The molecule has 1 atom stereocenters. The Balaban J connectivity index is 1.72. The third-order valence-electron chi connectivity index (χ3n) is 4.44. The molecule has 2 fully saturated rings. The van der Waals surface area contributed by atoms with Gasteiger partial charge in [0.15, 0.2) is 0 Å². The average molecular weight is 262 g/mol. The number of nitrogens with one attached hydrogen (secondary N) is 1. The second-order valence-corrected chi connectivity index (χ2v) is 5.99. The molecule has 5 nitrogen and oxygen atoms in total. The zero-order valence-electron chi connectivity index (χ0n) is 11.6. The zero-order valence-corrected chi connectivity index (χ0v) is 11.6. The molecule has 0 radical (unpaired) electrons. The van der Waals surface area contributed by atoms with E-state index in [-0.39, 0.29) is 5.91 Å². The van der Waals surface area contributed by atoms with Crippen molar-refractivity contribution in [3.05, 3.63) is 18.0 Å². The highest BCUT2D eigenvalue weighted by Crippen LogP contribution is 2.36. The van der Waals surface area contributed by atoms with Gasteiger partial charge in [0.2, 0.25) is 0 Å². The minimum absolute atomic E-state index is 0.0882. The lowest BCUT2D eigenvalue weighted by Gasteiger charge is -2.45. The van der Waals surface area contributed by atoms with Gasteiger partial charge >= 0.3 is 0 Å². The van der Waals surface area contributed by atoms with Crippen molar-refractivity contribution >= 4 is 5.91 Å². The number of hydrogen-bond acceptors (Lipinski definition) is 3. The number of aromatic nitrogens is 2. The number of aryl methyl sites for hydroxylation is 1. The van der Waals surface area contributed by atoms with Crippen molar-refractivity contribution in [3.63, 3.8) is 0 Å². The van der Waals surface area contributed by atoms with Crippen LogP contribution in [-0.4, -0.2) is 46.8 Å². The third kappa shape index (κ3) is 2.52. The Morgan fingerprint density at radius 1 is 1.42 bits per heavy atom. The molecule has 1 aromatic heterocycles. The molecule has 19 heavy (non-hydrogen) atoms. The summed E-state index contributed by atoms with van der Waals surface area (Å²) in [5.74, 6) is 0.0882. The molecular weight excluding hydrogens is 240 g/mol. The maximum atomic E-state index is 12.5. The van der Waals surface area contributed by atoms with E-state index in [1.165, 1.54) is 19.3 Å². The van der Waals surface area contributed by atoms with Gasteiger partial charge < -0.3 is 10.2 Å². The molecule has 0 aromatic carbocycles. The molecule has 1 spiro atoms. The molecule has 0 saturated carbocycles. The summed E-state index contributed by atoms with van der Waals surface area (Å²) >= 11 is 0. The Morgan fingerprint density at radius 3 is 2.95 bits per heavy atom. The highest BCUT2D eigenvalue weighted by atomic mass is 16.2. The van der Waals surface area contributed by atoms with E-state index < -0.39 is 0 Å². The maximum absolute atomic E-state index is 12.5. The molecule has 5 heteroatoms. The minimum atomic E-state index is 0.0882. The van der Waals surface area contributed by atoms with Gasteiger partial charge in [-0.1, -0.05) is 0 Å². The second-order valence-electron chi connectivity index (χ2n) is 5.99. The van der Waals surface area contributed by atoms with Gasteiger partial charge in [-0.3, -0.25) is 9.48 Å². The first-order chi connectivity index (χ1) is 9.19. The van der Waals surface area contributed by atoms with Crippen LogP contribution < -0.4 is 5.32 Å². The first kappa shape index (κ1) is 12.7. The van der Waals surface area contributed by atoms with Crippen LogP contribution in [0.3, 0.4) is 0 Å². The van der Waals surface area contributed by atoms with Gasteiger partial charge in [-0.2, -0.15) is 5.10 Å². The lowest BCUT2D eigenvalue weighted by atomic mass is 9.74. The zero-order chi connectivity index (χ0) is 13.3. The van der Waals surface area contributed by atoms with Crippen molar-refractivity contribution < 1.29 is 4.79 Å². The second kappa shape index (κ2) is 4.96. The number of rotatable bonds is 1. The lowest BCUT2D eigenvalue weighted by molar-refractivity contribution is 0.0428. The van der Waals surface area contributed by atoms with Gasteiger partial charge in [0.05, 0.1) is 0 Å². The molecule has 0 aliphatic carbocycles. The van der Waals surface area contributed by atoms with E-state index in [0.717, 1.165) is 32.6 Å². The molecule has 1 amide bonds. The fraction of sp³-hybridized carbons (Fsp3) is 0.714. The fourth-order valence-corrected chi connectivity index (χ4v) is 3.45. The Labute approximate surface area is 114 Å². The van der Waals surface area contributed by atoms with E-state index in [2.05, 4.69) is 10.4 Å². The quantitative estimate of drug-likeness (QED) is 0.822. The van der Waals surface area contributed by atoms with Gasteiger partial charge in [0.25, 0.3) is 5.91 Å². The van der Waals surface area contributed by atoms with E-state index >= 15 is 0 Å². The standard InChI is InChI=1S/C14H22N4O/c1-17-9-4-12(16-17)13(19)18-8-3-6-14(11-18)5-2-7-15-10-14/h4,9,15H,2-3,5-8,10-11H2,1H3. The Bertz CT molecular complexity index is 456. The van der Waals surface area contributed by atoms with Gasteiger partial charge in [0, 0.05) is 38.3 Å². The molecule has 2 saturated heterocycles. The Morgan fingerprint density at radius 2 is 2.26 bits per heavy atom. The molecule has 104 valence electrons. The predicted molar refractivity (Wildman–Crippen MR) is 72.9 cm³/mol. The molecule has 3 rings (SSSR count). The largest absolute Gasteiger partial charge is 0.337 e. The number of carbonyl (C=O) groups is 1. The number of hydrogen-bond donors (Lipinski definition) is 1. The number of nitrogens with zero attached hydrogens (tertiary/aromatic N) is 3. The highest BCUT2D eigenvalue weighted by Gasteiger charge is 2.38. The van der Waals surface area contributed by atoms with E-state index in [0.29, 0.717) is 11.1 Å². The average Bonchev–Trinajstić information content (AvgIpc) is 2.85. The molecule has 2 aliphatic heterocycles. The molecule has 1 N–H and O–H groups in total. The summed E-state index contributed by atoms with van der Waals surface area (Å²) in [7, 11) is 1.85. The molecule has 0 bridgehead atoms. The molecule has 1 unspecified atom stereocenters. The maximum Gasteiger partial charge on any atom is 0.274 e. The van der Waals surface area contributed by atoms with Crippen molar-refractivity contribution in [1.29, 1.82) is 0 Å². The van der Waals surface area contributed by atoms with E-state index in [1.807, 2.05) is 24.2 Å². The predicted octanol–water partition coefficient (Wildman–Crippen LogP) is 1.03. The van der Waals surface area contributed by atoms with Crippen molar-refractivity contribution in [1.82, 2.24) is 20.0 Å². The van der Waals surface area contributed by atoms with Crippen LogP contribution in [0.5, 0.6) is 0 Å². The first-order valence-corrected chi connectivity index (χ1v) is 7.18. The van der Waals surface area contributed by atoms with E-state index in [4.69, 9.17) is 0 Å². The van der Waals surface area contributed by atoms with Crippen molar-refractivity contribution in [2.45, 2.75) is 25.7 Å². The van der Waals surface area contributed by atoms with Crippen LogP contribution in [0, 0.1) is 5.41 Å². The van der Waals surface area contributed by atoms with Crippen LogP contribution >= 0.6 is 0 Å². The lowest BCUT2D eigenvalue weighted by Crippen LogP contribution is -2.52. The summed E-state index contributed by atoms with van der Waals surface area (Å²) in [5, 5.41) is 7.72. The fourth-order valence-electron chi connectivity index (χ4n) is 3.45. The van der Waals surface area contributed by atoms with Crippen LogP contribution in [0.1, 0.15) is 36.2 Å². The van der Waals surface area contributed by atoms with Gasteiger partial charge in [-0.05, 0) is 38.3 Å². The molecular formula is C14H22N4O. The molecule has 2 aliphatic rings. The van der Waals surface area contributed by atoms with Crippen molar-refractivity contribution in [2.24, 2.45) is 12.5 Å². The number of amides is 1. The van der Waals surface area contributed by atoms with Crippen LogP contribution in [0.4, 0.5) is 0 Å². The van der Waals surface area contributed by atoms with Gasteiger partial charge in [0.1, 0.15) is 5.69 Å². The number of carbonyl (C=O) groups excluding carboxylic acids is 1. The summed E-state index contributed by atoms with van der Waals surface area (Å²) in [4.78, 5) is 14.5. The van der Waals surface area contributed by atoms with Crippen LogP contribution in [0.15, 0.2) is 12.3 Å². The highest BCUT2D eigenvalue weighted by molar-refractivity contribution is 5.92. The monoisotopic (exact) mass is 262 g/mol. The third-order valence-corrected chi connectivity index (χ3v) is 4.44.